The molecule has 0 radical (unpaired) electrons. The first-order valence-corrected chi connectivity index (χ1v) is 8.43. The van der Waals surface area contributed by atoms with Gasteiger partial charge in [0.1, 0.15) is 5.01 Å². The number of methoxy groups -OCH3 is 1. The molecule has 2 aromatic rings. The van der Waals surface area contributed by atoms with E-state index in [0.717, 1.165) is 0 Å². The highest BCUT2D eigenvalue weighted by atomic mass is 32.1. The SMILES string of the molecule is COC(=O)c1csc(CN(C(=O)Nc2cccc(C#N)c2)C(C)C)n1. The third-order valence-corrected chi connectivity index (χ3v) is 4.21. The van der Waals surface area contributed by atoms with E-state index in [1.807, 2.05) is 19.9 Å². The van der Waals surface area contributed by atoms with E-state index < -0.39 is 5.97 Å². The molecular formula is C17H18N4O3S. The molecular weight excluding hydrogens is 340 g/mol. The number of urea groups is 1. The van der Waals surface area contributed by atoms with Crippen molar-refractivity contribution < 1.29 is 14.3 Å². The minimum absolute atomic E-state index is 0.0790. The Balaban J connectivity index is 2.11. The van der Waals surface area contributed by atoms with Gasteiger partial charge in [-0.05, 0) is 32.0 Å². The number of carbonyl (C=O) groups is 2. The fourth-order valence-corrected chi connectivity index (χ4v) is 2.84. The number of nitriles is 1. The van der Waals surface area contributed by atoms with Crippen LogP contribution in [0.5, 0.6) is 0 Å². The summed E-state index contributed by atoms with van der Waals surface area (Å²) in [5.41, 5.74) is 1.24. The Morgan fingerprint density at radius 3 is 2.84 bits per heavy atom. The Morgan fingerprint density at radius 1 is 1.44 bits per heavy atom. The number of hydrogen-bond donors (Lipinski definition) is 1. The van der Waals surface area contributed by atoms with Crippen molar-refractivity contribution in [2.24, 2.45) is 0 Å². The van der Waals surface area contributed by atoms with E-state index in [1.54, 1.807) is 34.5 Å². The molecule has 0 aliphatic rings. The first-order chi connectivity index (χ1) is 11.9. The number of thiazole rings is 1. The zero-order chi connectivity index (χ0) is 18.4. The van der Waals surface area contributed by atoms with Crippen LogP contribution in [0.4, 0.5) is 10.5 Å². The molecule has 130 valence electrons. The molecule has 0 bridgehead atoms. The molecule has 1 aromatic carbocycles. The number of carbonyl (C=O) groups excluding carboxylic acids is 2. The summed E-state index contributed by atoms with van der Waals surface area (Å²) in [6, 6.07) is 8.35. The van der Waals surface area contributed by atoms with Gasteiger partial charge in [-0.2, -0.15) is 5.26 Å². The van der Waals surface area contributed by atoms with Gasteiger partial charge in [-0.15, -0.1) is 11.3 Å². The van der Waals surface area contributed by atoms with E-state index in [4.69, 9.17) is 5.26 Å². The molecule has 1 heterocycles. The average molecular weight is 358 g/mol. The summed E-state index contributed by atoms with van der Waals surface area (Å²) in [6.07, 6.45) is 0. The van der Waals surface area contributed by atoms with Crippen LogP contribution in [0.3, 0.4) is 0 Å². The maximum atomic E-state index is 12.6. The number of amides is 2. The van der Waals surface area contributed by atoms with Crippen LogP contribution in [0, 0.1) is 11.3 Å². The van der Waals surface area contributed by atoms with E-state index in [1.165, 1.54) is 18.4 Å². The molecule has 0 saturated heterocycles. The second-order valence-corrected chi connectivity index (χ2v) is 6.41. The molecule has 0 aliphatic heterocycles. The number of anilines is 1. The van der Waals surface area contributed by atoms with Gasteiger partial charge in [0.05, 0.1) is 25.3 Å². The zero-order valence-corrected chi connectivity index (χ0v) is 15.0. The number of benzene rings is 1. The Bertz CT molecular complexity index is 810. The van der Waals surface area contributed by atoms with Gasteiger partial charge in [-0.1, -0.05) is 6.07 Å². The molecule has 1 aromatic heterocycles. The van der Waals surface area contributed by atoms with Crippen LogP contribution in [0.1, 0.15) is 34.9 Å². The topological polar surface area (TPSA) is 95.3 Å². The molecule has 0 spiro atoms. The van der Waals surface area contributed by atoms with Crippen LogP contribution in [-0.2, 0) is 11.3 Å². The summed E-state index contributed by atoms with van der Waals surface area (Å²) in [7, 11) is 1.30. The molecule has 8 heteroatoms. The Morgan fingerprint density at radius 2 is 2.20 bits per heavy atom. The van der Waals surface area contributed by atoms with E-state index in [-0.39, 0.29) is 24.3 Å². The molecule has 7 nitrogen and oxygen atoms in total. The number of nitrogens with one attached hydrogen (secondary N) is 1. The monoisotopic (exact) mass is 358 g/mol. The molecule has 0 unspecified atom stereocenters. The number of nitrogens with zero attached hydrogens (tertiary/aromatic N) is 3. The second kappa shape index (κ2) is 8.26. The Hall–Kier alpha value is -2.92. The summed E-state index contributed by atoms with van der Waals surface area (Å²) in [6.45, 7) is 4.04. The number of esters is 1. The minimum atomic E-state index is -0.503. The fraction of sp³-hybridized carbons (Fsp3) is 0.294. The molecule has 0 fully saturated rings. The van der Waals surface area contributed by atoms with Gasteiger partial charge >= 0.3 is 12.0 Å². The number of aromatic nitrogens is 1. The first kappa shape index (κ1) is 18.4. The maximum absolute atomic E-state index is 12.6. The number of rotatable bonds is 5. The molecule has 2 amide bonds. The molecule has 25 heavy (non-hydrogen) atoms. The van der Waals surface area contributed by atoms with Crippen molar-refractivity contribution >= 4 is 29.0 Å². The van der Waals surface area contributed by atoms with Crippen molar-refractivity contribution in [1.29, 1.82) is 5.26 Å². The quantitative estimate of drug-likeness (QED) is 0.828. The van der Waals surface area contributed by atoms with E-state index >= 15 is 0 Å². The summed E-state index contributed by atoms with van der Waals surface area (Å²) in [5.74, 6) is -0.503. The highest BCUT2D eigenvalue weighted by Crippen LogP contribution is 2.17. The largest absolute Gasteiger partial charge is 0.464 e. The van der Waals surface area contributed by atoms with Crippen LogP contribution in [0.2, 0.25) is 0 Å². The Labute approximate surface area is 149 Å². The lowest BCUT2D eigenvalue weighted by Crippen LogP contribution is -2.39. The van der Waals surface area contributed by atoms with Gasteiger partial charge in [0.2, 0.25) is 0 Å². The minimum Gasteiger partial charge on any atom is -0.464 e. The van der Waals surface area contributed by atoms with Crippen molar-refractivity contribution in [3.63, 3.8) is 0 Å². The highest BCUT2D eigenvalue weighted by molar-refractivity contribution is 7.09. The van der Waals surface area contributed by atoms with E-state index in [0.29, 0.717) is 16.3 Å². The first-order valence-electron chi connectivity index (χ1n) is 7.55. The van der Waals surface area contributed by atoms with Gasteiger partial charge in [-0.25, -0.2) is 14.6 Å². The van der Waals surface area contributed by atoms with Crippen molar-refractivity contribution in [3.8, 4) is 6.07 Å². The van der Waals surface area contributed by atoms with E-state index in [9.17, 15) is 9.59 Å². The zero-order valence-electron chi connectivity index (χ0n) is 14.1. The van der Waals surface area contributed by atoms with Crippen LogP contribution in [-0.4, -0.2) is 35.0 Å². The molecule has 0 aliphatic carbocycles. The second-order valence-electron chi connectivity index (χ2n) is 5.46. The summed E-state index contributed by atoms with van der Waals surface area (Å²) >= 11 is 1.29. The van der Waals surface area contributed by atoms with Gasteiger partial charge in [0.15, 0.2) is 5.69 Å². The lowest BCUT2D eigenvalue weighted by molar-refractivity contribution is 0.0594. The molecule has 0 saturated carbocycles. The normalized spacial score (nSPS) is 10.2. The van der Waals surface area contributed by atoms with Crippen molar-refractivity contribution in [1.82, 2.24) is 9.88 Å². The molecule has 2 rings (SSSR count). The predicted molar refractivity (Wildman–Crippen MR) is 94.3 cm³/mol. The Kier molecular flexibility index (Phi) is 6.08. The maximum Gasteiger partial charge on any atom is 0.357 e. The van der Waals surface area contributed by atoms with Crippen molar-refractivity contribution in [2.45, 2.75) is 26.4 Å². The molecule has 1 N–H and O–H groups in total. The summed E-state index contributed by atoms with van der Waals surface area (Å²) in [4.78, 5) is 29.9. The predicted octanol–water partition coefficient (Wildman–Crippen LogP) is 3.24. The van der Waals surface area contributed by atoms with Crippen LogP contribution >= 0.6 is 11.3 Å². The third-order valence-electron chi connectivity index (χ3n) is 3.38. The summed E-state index contributed by atoms with van der Waals surface area (Å²) in [5, 5.41) is 14.0. The van der Waals surface area contributed by atoms with Crippen LogP contribution in [0.25, 0.3) is 0 Å². The average Bonchev–Trinajstić information content (AvgIpc) is 3.07. The van der Waals surface area contributed by atoms with Gasteiger partial charge < -0.3 is 15.0 Å². The lowest BCUT2D eigenvalue weighted by atomic mass is 10.2. The standard InChI is InChI=1S/C17H18N4O3S/c1-11(2)21(9-15-20-14(10-25-15)16(22)24-3)17(23)19-13-6-4-5-12(7-13)8-18/h4-7,10-11H,9H2,1-3H3,(H,19,23). The third kappa shape index (κ3) is 4.78. The van der Waals surface area contributed by atoms with Gasteiger partial charge in [0.25, 0.3) is 0 Å². The number of ether oxygens (including phenoxy) is 1. The highest BCUT2D eigenvalue weighted by Gasteiger charge is 2.20. The van der Waals surface area contributed by atoms with Crippen LogP contribution < -0.4 is 5.32 Å². The fourth-order valence-electron chi connectivity index (χ4n) is 2.08. The van der Waals surface area contributed by atoms with Crippen molar-refractivity contribution in [2.75, 3.05) is 12.4 Å². The smallest absolute Gasteiger partial charge is 0.357 e. The lowest BCUT2D eigenvalue weighted by Gasteiger charge is -2.26. The van der Waals surface area contributed by atoms with Crippen LogP contribution in [0.15, 0.2) is 29.6 Å². The van der Waals surface area contributed by atoms with Crippen molar-refractivity contribution in [3.05, 3.63) is 45.9 Å². The summed E-state index contributed by atoms with van der Waals surface area (Å²) < 4.78 is 4.64. The van der Waals surface area contributed by atoms with E-state index in [2.05, 4.69) is 15.0 Å². The molecule has 0 atom stereocenters. The van der Waals surface area contributed by atoms with Gasteiger partial charge in [-0.3, -0.25) is 0 Å². The van der Waals surface area contributed by atoms with Gasteiger partial charge in [0, 0.05) is 17.1 Å². The number of hydrogen-bond acceptors (Lipinski definition) is 6.